The lowest BCUT2D eigenvalue weighted by atomic mass is 10.1. The molecule has 0 saturated heterocycles. The molecule has 3 rings (SSSR count). The number of carbonyl (C=O) groups excluding carboxylic acids is 1. The zero-order valence-electron chi connectivity index (χ0n) is 14.5. The summed E-state index contributed by atoms with van der Waals surface area (Å²) >= 11 is 0. The Bertz CT molecular complexity index is 905. The van der Waals surface area contributed by atoms with Gasteiger partial charge in [0.15, 0.2) is 0 Å². The summed E-state index contributed by atoms with van der Waals surface area (Å²) in [6.07, 6.45) is 1.01. The smallest absolute Gasteiger partial charge is 0.266 e. The fourth-order valence-corrected chi connectivity index (χ4v) is 2.66. The molecule has 0 fully saturated rings. The first kappa shape index (κ1) is 17.6. The first-order valence-electron chi connectivity index (χ1n) is 8.66. The van der Waals surface area contributed by atoms with Crippen molar-refractivity contribution >= 4 is 5.91 Å². The number of rotatable bonds is 7. The summed E-state index contributed by atoms with van der Waals surface area (Å²) < 4.78 is 1.35. The Morgan fingerprint density at radius 1 is 0.923 bits per heavy atom. The van der Waals surface area contributed by atoms with Crippen LogP contribution < -0.4 is 10.9 Å². The Kier molecular flexibility index (Phi) is 5.93. The number of benzene rings is 2. The van der Waals surface area contributed by atoms with Crippen LogP contribution in [0.1, 0.15) is 12.0 Å². The van der Waals surface area contributed by atoms with E-state index in [2.05, 4.69) is 10.4 Å². The molecule has 0 bridgehead atoms. The maximum atomic E-state index is 12.0. The predicted molar refractivity (Wildman–Crippen MR) is 102 cm³/mol. The van der Waals surface area contributed by atoms with Crippen molar-refractivity contribution in [3.63, 3.8) is 0 Å². The zero-order chi connectivity index (χ0) is 18.2. The van der Waals surface area contributed by atoms with Crippen LogP contribution in [-0.2, 0) is 17.8 Å². The maximum absolute atomic E-state index is 12.0. The third kappa shape index (κ3) is 4.89. The Balaban J connectivity index is 1.54. The number of aryl methyl sites for hydroxylation is 1. The molecule has 1 N–H and O–H groups in total. The minimum Gasteiger partial charge on any atom is -0.356 e. The quantitative estimate of drug-likeness (QED) is 0.715. The van der Waals surface area contributed by atoms with Crippen LogP contribution in [-0.4, -0.2) is 22.2 Å². The summed E-state index contributed by atoms with van der Waals surface area (Å²) in [6, 6.07) is 22.8. The highest BCUT2D eigenvalue weighted by Gasteiger charge is 2.06. The summed E-state index contributed by atoms with van der Waals surface area (Å²) in [5.41, 5.74) is 2.63. The van der Waals surface area contributed by atoms with E-state index in [9.17, 15) is 9.59 Å². The van der Waals surface area contributed by atoms with E-state index in [1.165, 1.54) is 16.3 Å². The van der Waals surface area contributed by atoms with Gasteiger partial charge in [-0.05, 0) is 18.1 Å². The molecule has 1 heterocycles. The molecule has 26 heavy (non-hydrogen) atoms. The lowest BCUT2D eigenvalue weighted by Gasteiger charge is -2.08. The molecule has 132 valence electrons. The summed E-state index contributed by atoms with van der Waals surface area (Å²) in [4.78, 5) is 24.0. The van der Waals surface area contributed by atoms with Gasteiger partial charge >= 0.3 is 0 Å². The van der Waals surface area contributed by atoms with Gasteiger partial charge in [-0.2, -0.15) is 5.10 Å². The molecule has 0 spiro atoms. The molecule has 5 heteroatoms. The highest BCUT2D eigenvalue weighted by atomic mass is 16.2. The van der Waals surface area contributed by atoms with Crippen LogP contribution in [0.2, 0.25) is 0 Å². The van der Waals surface area contributed by atoms with Gasteiger partial charge in [-0.3, -0.25) is 9.59 Å². The average Bonchev–Trinajstić information content (AvgIpc) is 2.69. The number of aromatic nitrogens is 2. The summed E-state index contributed by atoms with van der Waals surface area (Å²) in [5.74, 6) is -0.0836. The van der Waals surface area contributed by atoms with Crippen molar-refractivity contribution in [1.29, 1.82) is 0 Å². The summed E-state index contributed by atoms with van der Waals surface area (Å²) in [7, 11) is 0. The summed E-state index contributed by atoms with van der Waals surface area (Å²) in [5, 5.41) is 7.25. The van der Waals surface area contributed by atoms with E-state index in [0.717, 1.165) is 17.7 Å². The fourth-order valence-electron chi connectivity index (χ4n) is 2.66. The predicted octanol–water partition coefficient (Wildman–Crippen LogP) is 2.66. The number of amides is 1. The molecule has 0 aliphatic heterocycles. The van der Waals surface area contributed by atoms with Gasteiger partial charge in [0.1, 0.15) is 0 Å². The lowest BCUT2D eigenvalue weighted by molar-refractivity contribution is -0.121. The molecular formula is C21H21N3O2. The van der Waals surface area contributed by atoms with Gasteiger partial charge in [0.05, 0.1) is 12.2 Å². The standard InChI is InChI=1S/C21H21N3O2/c25-20(22-15-13-17-7-3-1-4-8-17)14-16-24-21(26)12-11-19(23-24)18-9-5-2-6-10-18/h1-12H,13-16H2,(H,22,25). The van der Waals surface area contributed by atoms with E-state index in [4.69, 9.17) is 0 Å². The van der Waals surface area contributed by atoms with E-state index in [1.807, 2.05) is 60.7 Å². The molecule has 0 atom stereocenters. The molecule has 0 saturated carbocycles. The second-order valence-electron chi connectivity index (χ2n) is 5.98. The van der Waals surface area contributed by atoms with Crippen molar-refractivity contribution in [1.82, 2.24) is 15.1 Å². The van der Waals surface area contributed by atoms with Gasteiger partial charge in [0, 0.05) is 24.6 Å². The third-order valence-electron chi connectivity index (χ3n) is 4.07. The van der Waals surface area contributed by atoms with Gasteiger partial charge < -0.3 is 5.32 Å². The number of nitrogens with one attached hydrogen (secondary N) is 1. The van der Waals surface area contributed by atoms with E-state index in [-0.39, 0.29) is 24.4 Å². The number of nitrogens with zero attached hydrogens (tertiary/aromatic N) is 2. The molecule has 0 unspecified atom stereocenters. The second kappa shape index (κ2) is 8.76. The Morgan fingerprint density at radius 2 is 1.62 bits per heavy atom. The van der Waals surface area contributed by atoms with Crippen molar-refractivity contribution in [2.45, 2.75) is 19.4 Å². The van der Waals surface area contributed by atoms with E-state index < -0.39 is 0 Å². The Labute approximate surface area is 152 Å². The lowest BCUT2D eigenvalue weighted by Crippen LogP contribution is -2.29. The topological polar surface area (TPSA) is 64.0 Å². The minimum absolute atomic E-state index is 0.0836. The largest absolute Gasteiger partial charge is 0.356 e. The number of hydrogen-bond acceptors (Lipinski definition) is 3. The molecule has 1 aromatic heterocycles. The number of carbonyl (C=O) groups is 1. The minimum atomic E-state index is -0.207. The molecule has 0 radical (unpaired) electrons. The van der Waals surface area contributed by atoms with Crippen molar-refractivity contribution in [3.8, 4) is 11.3 Å². The van der Waals surface area contributed by atoms with E-state index >= 15 is 0 Å². The molecular weight excluding hydrogens is 326 g/mol. The van der Waals surface area contributed by atoms with Crippen LogP contribution in [0.3, 0.4) is 0 Å². The van der Waals surface area contributed by atoms with Crippen molar-refractivity contribution < 1.29 is 4.79 Å². The number of hydrogen-bond donors (Lipinski definition) is 1. The summed E-state index contributed by atoms with van der Waals surface area (Å²) in [6.45, 7) is 0.839. The zero-order valence-corrected chi connectivity index (χ0v) is 14.5. The molecule has 0 aliphatic rings. The third-order valence-corrected chi connectivity index (χ3v) is 4.07. The maximum Gasteiger partial charge on any atom is 0.266 e. The van der Waals surface area contributed by atoms with Gasteiger partial charge in [-0.25, -0.2) is 4.68 Å². The van der Waals surface area contributed by atoms with Crippen LogP contribution in [0.4, 0.5) is 0 Å². The first-order chi connectivity index (χ1) is 12.7. The Hall–Kier alpha value is -3.21. The van der Waals surface area contributed by atoms with E-state index in [1.54, 1.807) is 6.07 Å². The molecule has 0 aliphatic carbocycles. The SMILES string of the molecule is O=C(CCn1nc(-c2ccccc2)ccc1=O)NCCc1ccccc1. The monoisotopic (exact) mass is 347 g/mol. The first-order valence-corrected chi connectivity index (χ1v) is 8.66. The van der Waals surface area contributed by atoms with Crippen molar-refractivity contribution in [3.05, 3.63) is 88.7 Å². The Morgan fingerprint density at radius 3 is 2.35 bits per heavy atom. The molecule has 3 aromatic rings. The van der Waals surface area contributed by atoms with Crippen LogP contribution >= 0.6 is 0 Å². The molecule has 5 nitrogen and oxygen atoms in total. The van der Waals surface area contributed by atoms with Crippen molar-refractivity contribution in [2.75, 3.05) is 6.54 Å². The normalized spacial score (nSPS) is 10.5. The van der Waals surface area contributed by atoms with Crippen molar-refractivity contribution in [2.24, 2.45) is 0 Å². The van der Waals surface area contributed by atoms with Gasteiger partial charge in [0.25, 0.3) is 5.56 Å². The highest BCUT2D eigenvalue weighted by Crippen LogP contribution is 2.13. The highest BCUT2D eigenvalue weighted by molar-refractivity contribution is 5.75. The average molecular weight is 347 g/mol. The molecule has 1 amide bonds. The van der Waals surface area contributed by atoms with Crippen LogP contribution in [0.15, 0.2) is 77.6 Å². The molecule has 2 aromatic carbocycles. The van der Waals surface area contributed by atoms with Gasteiger partial charge in [-0.15, -0.1) is 0 Å². The van der Waals surface area contributed by atoms with E-state index in [0.29, 0.717) is 6.54 Å². The van der Waals surface area contributed by atoms with Crippen LogP contribution in [0.25, 0.3) is 11.3 Å². The van der Waals surface area contributed by atoms with Gasteiger partial charge in [-0.1, -0.05) is 60.7 Å². The van der Waals surface area contributed by atoms with Gasteiger partial charge in [0.2, 0.25) is 5.91 Å². The van der Waals surface area contributed by atoms with Crippen LogP contribution in [0.5, 0.6) is 0 Å². The fraction of sp³-hybridized carbons (Fsp3) is 0.190. The second-order valence-corrected chi connectivity index (χ2v) is 5.98. The van der Waals surface area contributed by atoms with Crippen LogP contribution in [0, 0.1) is 0 Å².